The second kappa shape index (κ2) is 5.85. The molecule has 0 amide bonds. The van der Waals surface area contributed by atoms with E-state index in [-0.39, 0.29) is 0 Å². The molecule has 0 bridgehead atoms. The van der Waals surface area contributed by atoms with Crippen molar-refractivity contribution in [2.45, 2.75) is 32.7 Å². The number of rotatable bonds is 4. The smallest absolute Gasteiger partial charge is 0.231 e. The number of piperidine rings is 1. The summed E-state index contributed by atoms with van der Waals surface area (Å²) < 4.78 is 10.9. The maximum Gasteiger partial charge on any atom is 0.231 e. The van der Waals surface area contributed by atoms with Crippen molar-refractivity contribution in [3.05, 3.63) is 23.8 Å². The van der Waals surface area contributed by atoms with E-state index in [2.05, 4.69) is 36.2 Å². The van der Waals surface area contributed by atoms with E-state index in [4.69, 9.17) is 9.47 Å². The number of hydrogen-bond acceptors (Lipinski definition) is 4. The first-order valence-corrected chi connectivity index (χ1v) is 7.87. The van der Waals surface area contributed by atoms with Crippen LogP contribution in [0.15, 0.2) is 18.2 Å². The zero-order valence-corrected chi connectivity index (χ0v) is 13.3. The van der Waals surface area contributed by atoms with Crippen LogP contribution in [0.5, 0.6) is 11.5 Å². The van der Waals surface area contributed by atoms with Crippen LogP contribution in [0, 0.1) is 5.41 Å². The zero-order valence-electron chi connectivity index (χ0n) is 13.3. The van der Waals surface area contributed by atoms with Gasteiger partial charge in [0.25, 0.3) is 0 Å². The van der Waals surface area contributed by atoms with Crippen molar-refractivity contribution in [3.8, 4) is 11.5 Å². The molecule has 0 spiro atoms. The predicted octanol–water partition coefficient (Wildman–Crippen LogP) is 2.80. The molecule has 21 heavy (non-hydrogen) atoms. The van der Waals surface area contributed by atoms with Crippen molar-refractivity contribution in [3.63, 3.8) is 0 Å². The molecule has 1 N–H and O–H groups in total. The normalized spacial score (nSPS) is 22.2. The molecule has 1 atom stereocenters. The van der Waals surface area contributed by atoms with E-state index in [0.717, 1.165) is 18.0 Å². The molecule has 2 aliphatic heterocycles. The molecule has 2 aliphatic rings. The summed E-state index contributed by atoms with van der Waals surface area (Å²) in [5.41, 5.74) is 1.77. The van der Waals surface area contributed by atoms with E-state index in [9.17, 15) is 0 Å². The van der Waals surface area contributed by atoms with Gasteiger partial charge in [-0.1, -0.05) is 19.9 Å². The summed E-state index contributed by atoms with van der Waals surface area (Å²) in [5, 5.41) is 3.44. The quantitative estimate of drug-likeness (QED) is 0.924. The van der Waals surface area contributed by atoms with Gasteiger partial charge in [0.05, 0.1) is 0 Å². The number of likely N-dealkylation sites (tertiary alicyclic amines) is 1. The number of hydrogen-bond donors (Lipinski definition) is 1. The fourth-order valence-electron chi connectivity index (χ4n) is 3.09. The SMILES string of the molecule is CNC(CN1CCC(C)(C)CC1)c1ccc2c(c1)OCO2. The van der Waals surface area contributed by atoms with Crippen LogP contribution in [0.2, 0.25) is 0 Å². The average Bonchev–Trinajstić information content (AvgIpc) is 2.93. The Morgan fingerprint density at radius 2 is 1.90 bits per heavy atom. The highest BCUT2D eigenvalue weighted by atomic mass is 16.7. The summed E-state index contributed by atoms with van der Waals surface area (Å²) in [6, 6.07) is 6.60. The van der Waals surface area contributed by atoms with Crippen molar-refractivity contribution in [2.75, 3.05) is 33.5 Å². The summed E-state index contributed by atoms with van der Waals surface area (Å²) in [4.78, 5) is 2.57. The Kier molecular flexibility index (Phi) is 4.09. The van der Waals surface area contributed by atoms with Gasteiger partial charge in [-0.15, -0.1) is 0 Å². The Hall–Kier alpha value is -1.26. The van der Waals surface area contributed by atoms with Gasteiger partial charge in [-0.25, -0.2) is 0 Å². The summed E-state index contributed by atoms with van der Waals surface area (Å²) in [7, 11) is 2.03. The van der Waals surface area contributed by atoms with Crippen LogP contribution in [0.25, 0.3) is 0 Å². The highest BCUT2D eigenvalue weighted by Crippen LogP contribution is 2.35. The minimum atomic E-state index is 0.334. The van der Waals surface area contributed by atoms with Crippen LogP contribution >= 0.6 is 0 Å². The van der Waals surface area contributed by atoms with Gasteiger partial charge < -0.3 is 19.7 Å². The summed E-state index contributed by atoms with van der Waals surface area (Å²) >= 11 is 0. The largest absolute Gasteiger partial charge is 0.454 e. The van der Waals surface area contributed by atoms with E-state index in [0.29, 0.717) is 18.2 Å². The second-order valence-corrected chi connectivity index (χ2v) is 6.92. The number of nitrogens with one attached hydrogen (secondary N) is 1. The Morgan fingerprint density at radius 1 is 1.19 bits per heavy atom. The molecule has 4 heteroatoms. The van der Waals surface area contributed by atoms with Gasteiger partial charge in [0.2, 0.25) is 6.79 Å². The maximum absolute atomic E-state index is 5.49. The van der Waals surface area contributed by atoms with Crippen LogP contribution in [-0.2, 0) is 0 Å². The molecule has 1 unspecified atom stereocenters. The Labute approximate surface area is 127 Å². The van der Waals surface area contributed by atoms with E-state index < -0.39 is 0 Å². The van der Waals surface area contributed by atoms with Gasteiger partial charge in [0, 0.05) is 12.6 Å². The van der Waals surface area contributed by atoms with Crippen LogP contribution in [-0.4, -0.2) is 38.4 Å². The monoisotopic (exact) mass is 290 g/mol. The molecule has 2 heterocycles. The zero-order chi connectivity index (χ0) is 14.9. The van der Waals surface area contributed by atoms with Crippen LogP contribution in [0.3, 0.4) is 0 Å². The summed E-state index contributed by atoms with van der Waals surface area (Å²) in [6.45, 7) is 8.51. The molecular formula is C17H26N2O2. The topological polar surface area (TPSA) is 33.7 Å². The lowest BCUT2D eigenvalue weighted by atomic mass is 9.82. The number of likely N-dealkylation sites (N-methyl/N-ethyl adjacent to an activating group) is 1. The Morgan fingerprint density at radius 3 is 2.62 bits per heavy atom. The van der Waals surface area contributed by atoms with Crippen molar-refractivity contribution in [1.82, 2.24) is 10.2 Å². The molecule has 0 saturated carbocycles. The molecule has 1 aromatic rings. The van der Waals surface area contributed by atoms with E-state index >= 15 is 0 Å². The first kappa shape index (κ1) is 14.7. The highest BCUT2D eigenvalue weighted by molar-refractivity contribution is 5.45. The molecule has 0 radical (unpaired) electrons. The van der Waals surface area contributed by atoms with Crippen molar-refractivity contribution in [2.24, 2.45) is 5.41 Å². The van der Waals surface area contributed by atoms with Crippen LogP contribution in [0.4, 0.5) is 0 Å². The van der Waals surface area contributed by atoms with Gasteiger partial charge in [0.1, 0.15) is 0 Å². The average molecular weight is 290 g/mol. The van der Waals surface area contributed by atoms with Crippen molar-refractivity contribution < 1.29 is 9.47 Å². The minimum absolute atomic E-state index is 0.334. The molecule has 3 rings (SSSR count). The number of ether oxygens (including phenoxy) is 2. The molecule has 116 valence electrons. The minimum Gasteiger partial charge on any atom is -0.454 e. The molecule has 0 aromatic heterocycles. The predicted molar refractivity (Wildman–Crippen MR) is 83.8 cm³/mol. The summed E-state index contributed by atoms with van der Waals surface area (Å²) in [5.74, 6) is 1.72. The molecular weight excluding hydrogens is 264 g/mol. The van der Waals surface area contributed by atoms with Gasteiger partial charge in [-0.2, -0.15) is 0 Å². The van der Waals surface area contributed by atoms with E-state index in [1.165, 1.54) is 31.5 Å². The highest BCUT2D eigenvalue weighted by Gasteiger charge is 2.27. The molecule has 0 aliphatic carbocycles. The van der Waals surface area contributed by atoms with Gasteiger partial charge in [-0.05, 0) is 56.1 Å². The molecule has 1 saturated heterocycles. The lowest BCUT2D eigenvalue weighted by molar-refractivity contribution is 0.123. The summed E-state index contributed by atoms with van der Waals surface area (Å²) in [6.07, 6.45) is 2.56. The third kappa shape index (κ3) is 3.33. The van der Waals surface area contributed by atoms with Crippen molar-refractivity contribution in [1.29, 1.82) is 0 Å². The fraction of sp³-hybridized carbons (Fsp3) is 0.647. The molecule has 4 nitrogen and oxygen atoms in total. The molecule has 1 fully saturated rings. The fourth-order valence-corrected chi connectivity index (χ4v) is 3.09. The first-order valence-electron chi connectivity index (χ1n) is 7.87. The lowest BCUT2D eigenvalue weighted by Gasteiger charge is -2.38. The van der Waals surface area contributed by atoms with Gasteiger partial charge >= 0.3 is 0 Å². The lowest BCUT2D eigenvalue weighted by Crippen LogP contribution is -2.41. The standard InChI is InChI=1S/C17H26N2O2/c1-17(2)6-8-19(9-7-17)11-14(18-3)13-4-5-15-16(10-13)21-12-20-15/h4-5,10,14,18H,6-9,11-12H2,1-3H3. The third-order valence-corrected chi connectivity index (χ3v) is 4.80. The van der Waals surface area contributed by atoms with Crippen molar-refractivity contribution >= 4 is 0 Å². The van der Waals surface area contributed by atoms with Crippen LogP contribution in [0.1, 0.15) is 38.3 Å². The number of fused-ring (bicyclic) bond motifs is 1. The number of benzene rings is 1. The Balaban J connectivity index is 1.65. The third-order valence-electron chi connectivity index (χ3n) is 4.80. The van der Waals surface area contributed by atoms with E-state index in [1.807, 2.05) is 13.1 Å². The number of nitrogens with zero attached hydrogens (tertiary/aromatic N) is 1. The second-order valence-electron chi connectivity index (χ2n) is 6.92. The van der Waals surface area contributed by atoms with E-state index in [1.54, 1.807) is 0 Å². The molecule has 1 aromatic carbocycles. The maximum atomic E-state index is 5.49. The first-order chi connectivity index (χ1) is 10.1. The van der Waals surface area contributed by atoms with Gasteiger partial charge in [0.15, 0.2) is 11.5 Å². The Bertz CT molecular complexity index is 492. The van der Waals surface area contributed by atoms with Gasteiger partial charge in [-0.3, -0.25) is 0 Å². The van der Waals surface area contributed by atoms with Crippen LogP contribution < -0.4 is 14.8 Å².